The maximum absolute atomic E-state index is 13.0. The van der Waals surface area contributed by atoms with Crippen molar-refractivity contribution in [2.24, 2.45) is 5.10 Å². The molecule has 1 aliphatic rings. The molecule has 2 aromatic carbocycles. The van der Waals surface area contributed by atoms with Gasteiger partial charge >= 0.3 is 0 Å². The van der Waals surface area contributed by atoms with Gasteiger partial charge in [-0.1, -0.05) is 35.9 Å². The van der Waals surface area contributed by atoms with Crippen molar-refractivity contribution in [1.82, 2.24) is 20.5 Å². The zero-order valence-corrected chi connectivity index (χ0v) is 16.6. The Bertz CT molecular complexity index is 1090. The number of amidine groups is 1. The van der Waals surface area contributed by atoms with Gasteiger partial charge < -0.3 is 10.1 Å². The first kappa shape index (κ1) is 19.8. The second kappa shape index (κ2) is 9.31. The van der Waals surface area contributed by atoms with Gasteiger partial charge in [0.25, 0.3) is 5.56 Å². The molecule has 0 radical (unpaired) electrons. The van der Waals surface area contributed by atoms with Crippen LogP contribution in [0.2, 0.25) is 0 Å². The third-order valence-corrected chi connectivity index (χ3v) is 4.78. The van der Waals surface area contributed by atoms with E-state index in [9.17, 15) is 4.79 Å². The summed E-state index contributed by atoms with van der Waals surface area (Å²) >= 11 is 0. The molecular weight excluding hydrogens is 382 g/mol. The number of nitrogens with two attached hydrogens (primary N) is 1. The number of aromatic nitrogens is 2. The van der Waals surface area contributed by atoms with E-state index in [1.54, 1.807) is 29.6 Å². The number of hydrogen-bond acceptors (Lipinski definition) is 7. The molecular formula is C21H24N7O2+. The van der Waals surface area contributed by atoms with Gasteiger partial charge in [0.1, 0.15) is 0 Å². The van der Waals surface area contributed by atoms with E-state index >= 15 is 0 Å². The molecule has 154 valence electrons. The molecule has 0 saturated heterocycles. The van der Waals surface area contributed by atoms with E-state index in [4.69, 9.17) is 4.74 Å². The molecule has 0 amide bonds. The number of nitrogens with zero attached hydrogens (tertiary/aromatic N) is 3. The van der Waals surface area contributed by atoms with Gasteiger partial charge in [0, 0.05) is 42.9 Å². The molecule has 0 spiro atoms. The maximum Gasteiger partial charge on any atom is 0.298 e. The number of hydrazine groups is 1. The number of ether oxygens (including phenoxy) is 1. The number of methoxy groups -OCH3 is 1. The van der Waals surface area contributed by atoms with E-state index in [-0.39, 0.29) is 11.4 Å². The number of nitrogens with one attached hydrogen (secondary N) is 3. The largest absolute Gasteiger partial charge is 0.380 e. The summed E-state index contributed by atoms with van der Waals surface area (Å²) in [5.74, 6) is 1.17. The predicted octanol–water partition coefficient (Wildman–Crippen LogP) is 0.955. The second-order valence-electron chi connectivity index (χ2n) is 6.81. The lowest BCUT2D eigenvalue weighted by molar-refractivity contribution is -0.713. The zero-order valence-electron chi connectivity index (χ0n) is 16.6. The molecule has 0 aliphatic carbocycles. The van der Waals surface area contributed by atoms with Crippen LogP contribution >= 0.6 is 0 Å². The summed E-state index contributed by atoms with van der Waals surface area (Å²) in [7, 11) is 1.64. The van der Waals surface area contributed by atoms with Crippen molar-refractivity contribution in [2.45, 2.75) is 19.4 Å². The van der Waals surface area contributed by atoms with Crippen molar-refractivity contribution in [2.75, 3.05) is 12.4 Å². The van der Waals surface area contributed by atoms with Crippen LogP contribution in [0.4, 0.5) is 11.5 Å². The average molecular weight is 406 g/mol. The minimum Gasteiger partial charge on any atom is -0.380 e. The molecule has 0 atom stereocenters. The number of quaternary nitrogens is 1. The summed E-state index contributed by atoms with van der Waals surface area (Å²) in [6, 6.07) is 15.6. The van der Waals surface area contributed by atoms with Gasteiger partial charge in [-0.05, 0) is 35.3 Å². The van der Waals surface area contributed by atoms with Gasteiger partial charge in [-0.2, -0.15) is 0 Å². The summed E-state index contributed by atoms with van der Waals surface area (Å²) < 4.78 is 6.82. The smallest absolute Gasteiger partial charge is 0.298 e. The van der Waals surface area contributed by atoms with Crippen molar-refractivity contribution in [3.63, 3.8) is 0 Å². The molecule has 0 saturated carbocycles. The first-order chi connectivity index (χ1) is 14.7. The van der Waals surface area contributed by atoms with Crippen LogP contribution in [0.25, 0.3) is 5.69 Å². The van der Waals surface area contributed by atoms with E-state index in [0.717, 1.165) is 35.6 Å². The molecule has 9 nitrogen and oxygen atoms in total. The average Bonchev–Trinajstić information content (AvgIpc) is 3.29. The number of aryl methyl sites for hydroxylation is 1. The van der Waals surface area contributed by atoms with Gasteiger partial charge in [0.2, 0.25) is 0 Å². The Balaban J connectivity index is 1.52. The predicted molar refractivity (Wildman–Crippen MR) is 114 cm³/mol. The molecule has 0 bridgehead atoms. The van der Waals surface area contributed by atoms with Crippen LogP contribution in [0.1, 0.15) is 17.5 Å². The van der Waals surface area contributed by atoms with Gasteiger partial charge in [0.05, 0.1) is 6.61 Å². The zero-order chi connectivity index (χ0) is 20.8. The Morgan fingerprint density at radius 2 is 1.97 bits per heavy atom. The van der Waals surface area contributed by atoms with E-state index in [1.807, 2.05) is 48.5 Å². The molecule has 1 aliphatic heterocycles. The molecule has 0 fully saturated rings. The SMILES string of the molecule is COCc1ccccc1Nc1nccn(-c2ccc(CCC3=N[NH2+]NN3)cc2)c1=O. The van der Waals surface area contributed by atoms with Gasteiger partial charge in [-0.15, -0.1) is 5.53 Å². The Morgan fingerprint density at radius 1 is 1.13 bits per heavy atom. The van der Waals surface area contributed by atoms with Crippen LogP contribution in [0.15, 0.2) is 70.8 Å². The van der Waals surface area contributed by atoms with Crippen LogP contribution < -0.4 is 27.4 Å². The van der Waals surface area contributed by atoms with Gasteiger partial charge in [-0.25, -0.2) is 4.98 Å². The highest BCUT2D eigenvalue weighted by Gasteiger charge is 2.10. The number of benzene rings is 2. The number of anilines is 2. The Morgan fingerprint density at radius 3 is 2.73 bits per heavy atom. The van der Waals surface area contributed by atoms with Crippen molar-refractivity contribution in [3.8, 4) is 5.69 Å². The highest BCUT2D eigenvalue weighted by Crippen LogP contribution is 2.19. The van der Waals surface area contributed by atoms with Crippen LogP contribution in [-0.4, -0.2) is 22.5 Å². The van der Waals surface area contributed by atoms with Gasteiger partial charge in [-0.3, -0.25) is 14.8 Å². The maximum atomic E-state index is 13.0. The molecule has 0 unspecified atom stereocenters. The van der Waals surface area contributed by atoms with Crippen molar-refractivity contribution in [1.29, 1.82) is 0 Å². The van der Waals surface area contributed by atoms with E-state index in [1.165, 1.54) is 5.56 Å². The first-order valence-corrected chi connectivity index (χ1v) is 9.65. The Labute approximate surface area is 173 Å². The van der Waals surface area contributed by atoms with E-state index in [2.05, 4.69) is 26.4 Å². The lowest BCUT2D eigenvalue weighted by atomic mass is 10.1. The fourth-order valence-electron chi connectivity index (χ4n) is 3.22. The number of rotatable bonds is 8. The normalized spacial score (nSPS) is 13.0. The fraction of sp³-hybridized carbons (Fsp3) is 0.190. The monoisotopic (exact) mass is 406 g/mol. The summed E-state index contributed by atoms with van der Waals surface area (Å²) in [6.45, 7) is 0.446. The first-order valence-electron chi connectivity index (χ1n) is 9.65. The summed E-state index contributed by atoms with van der Waals surface area (Å²) in [5, 5.41) is 7.34. The Hall–Kier alpha value is -3.53. The van der Waals surface area contributed by atoms with E-state index < -0.39 is 0 Å². The quantitative estimate of drug-likeness (QED) is 0.415. The molecule has 9 heteroatoms. The molecule has 30 heavy (non-hydrogen) atoms. The number of hydrogen-bond donors (Lipinski definition) is 4. The molecule has 5 N–H and O–H groups in total. The standard InChI is InChI=1S/C21H23N7O2/c1-30-14-16-4-2-3-5-18(16)23-20-21(29)28(13-12-22-20)17-9-6-15(7-10-17)8-11-19-24-26-27-25-19/h2-7,9-10,12-13,26-27H,8,11,14H2,1H3,(H,22,23)(H,24,25)/p+1. The van der Waals surface area contributed by atoms with Crippen LogP contribution in [-0.2, 0) is 17.8 Å². The fourth-order valence-corrected chi connectivity index (χ4v) is 3.22. The molecule has 3 aromatic rings. The van der Waals surface area contributed by atoms with Crippen LogP contribution in [0, 0.1) is 0 Å². The highest BCUT2D eigenvalue weighted by atomic mass is 16.5. The summed E-state index contributed by atoms with van der Waals surface area (Å²) in [5.41, 5.74) is 10.9. The van der Waals surface area contributed by atoms with Crippen molar-refractivity contribution >= 4 is 17.3 Å². The van der Waals surface area contributed by atoms with Gasteiger partial charge in [0.15, 0.2) is 11.7 Å². The van der Waals surface area contributed by atoms with Crippen LogP contribution in [0.5, 0.6) is 0 Å². The topological polar surface area (TPSA) is 109 Å². The highest BCUT2D eigenvalue weighted by molar-refractivity contribution is 5.81. The Kier molecular flexibility index (Phi) is 6.14. The van der Waals surface area contributed by atoms with Crippen LogP contribution in [0.3, 0.4) is 0 Å². The summed E-state index contributed by atoms with van der Waals surface area (Å²) in [4.78, 5) is 17.2. The van der Waals surface area contributed by atoms with Crippen molar-refractivity contribution in [3.05, 3.63) is 82.4 Å². The second-order valence-corrected chi connectivity index (χ2v) is 6.81. The minimum absolute atomic E-state index is 0.219. The number of para-hydroxylation sites is 1. The minimum atomic E-state index is -0.219. The third kappa shape index (κ3) is 4.54. The summed E-state index contributed by atoms with van der Waals surface area (Å²) in [6.07, 6.45) is 4.95. The molecule has 2 heterocycles. The third-order valence-electron chi connectivity index (χ3n) is 4.78. The van der Waals surface area contributed by atoms with Crippen molar-refractivity contribution < 1.29 is 10.3 Å². The molecule has 4 rings (SSSR count). The van der Waals surface area contributed by atoms with E-state index in [0.29, 0.717) is 6.61 Å². The lowest BCUT2D eigenvalue weighted by Gasteiger charge is -2.12. The lowest BCUT2D eigenvalue weighted by Crippen LogP contribution is -2.87. The molecule has 1 aromatic heterocycles.